The fourth-order valence-corrected chi connectivity index (χ4v) is 11.2. The Kier molecular flexibility index (Phi) is 12.5. The second-order valence-corrected chi connectivity index (χ2v) is 28.2. The monoisotopic (exact) mass is 1080 g/mol. The smallest absolute Gasteiger partial charge is 0 e. The first-order valence-corrected chi connectivity index (χ1v) is 29.1. The van der Waals surface area contributed by atoms with Gasteiger partial charge in [0.15, 0.2) is 5.65 Å². The first-order valence-electron chi connectivity index (χ1n) is 22.7. The molecule has 4 heterocycles. The molecule has 0 aliphatic rings. The molecule has 10 aromatic rings. The summed E-state index contributed by atoms with van der Waals surface area (Å²) >= 11 is -2.30. The Labute approximate surface area is 396 Å². The molecule has 0 aliphatic carbocycles. The molecule has 0 unspecified atom stereocenters. The molecular weight excluding hydrogens is 1020 g/mol. The van der Waals surface area contributed by atoms with Crippen molar-refractivity contribution in [2.75, 3.05) is 0 Å². The maximum atomic E-state index is 8.85. The third-order valence-electron chi connectivity index (χ3n) is 11.5. The van der Waals surface area contributed by atoms with Crippen LogP contribution in [0.2, 0.25) is 17.3 Å². The van der Waals surface area contributed by atoms with E-state index in [-0.39, 0.29) is 31.9 Å². The summed E-state index contributed by atoms with van der Waals surface area (Å²) in [6, 6.07) is 57.3. The molecule has 7 heteroatoms. The topological polar surface area (TPSA) is 56.7 Å². The van der Waals surface area contributed by atoms with Gasteiger partial charge in [0.25, 0.3) is 0 Å². The first-order chi connectivity index (χ1) is 31.3. The van der Waals surface area contributed by atoms with Crippen molar-refractivity contribution in [2.24, 2.45) is 0 Å². The predicted octanol–water partition coefficient (Wildman–Crippen LogP) is 14.4. The fourth-order valence-electron chi connectivity index (χ4n) is 8.31. The van der Waals surface area contributed by atoms with E-state index in [0.717, 1.165) is 65.7 Å². The summed E-state index contributed by atoms with van der Waals surface area (Å²) in [6.45, 7) is 9.06. The number of para-hydroxylation sites is 1. The molecule has 10 rings (SSSR count). The van der Waals surface area contributed by atoms with Crippen LogP contribution < -0.4 is 4.40 Å². The van der Waals surface area contributed by atoms with Gasteiger partial charge in [0.05, 0.1) is 16.9 Å². The Hall–Kier alpha value is -5.92. The Morgan fingerprint density at radius 1 is 0.688 bits per heavy atom. The average molecular weight is 1080 g/mol. The minimum Gasteiger partial charge on any atom is 0 e. The van der Waals surface area contributed by atoms with E-state index >= 15 is 0 Å². The average Bonchev–Trinajstić information content (AvgIpc) is 3.90. The van der Waals surface area contributed by atoms with E-state index in [2.05, 4.69) is 132 Å². The summed E-state index contributed by atoms with van der Waals surface area (Å²) < 4.78 is 27.5. The SMILES string of the molecule is CC(C)c1cc(-c2ccccc2)cc(C(C)C)c1-n1c(-c2[c-]ccc3c2oc2ccccc23)nc2ncccc21.[2H]C([2H])(c1ccccc1)c1cc(-c2[c-]cccc2)nc[c]1[Ge]([CH3])([CH3])[CH3].[Ir]. The molecule has 0 bridgehead atoms. The van der Waals surface area contributed by atoms with Crippen molar-refractivity contribution in [3.05, 3.63) is 198 Å². The van der Waals surface area contributed by atoms with Crippen molar-refractivity contribution in [2.45, 2.75) is 63.2 Å². The molecular formula is C57H52GeIrN4O-2. The minimum absolute atomic E-state index is 0. The van der Waals surface area contributed by atoms with Crippen LogP contribution in [0.3, 0.4) is 0 Å². The molecule has 0 amide bonds. The van der Waals surface area contributed by atoms with Crippen molar-refractivity contribution in [1.29, 1.82) is 0 Å². The van der Waals surface area contributed by atoms with Gasteiger partial charge in [0, 0.05) is 37.4 Å². The second kappa shape index (κ2) is 19.0. The molecule has 0 spiro atoms. The van der Waals surface area contributed by atoms with Gasteiger partial charge in [-0.15, -0.1) is 18.2 Å². The van der Waals surface area contributed by atoms with E-state index in [9.17, 15) is 0 Å². The third kappa shape index (κ3) is 9.05. The molecule has 6 aromatic carbocycles. The zero-order chi connectivity index (χ0) is 45.5. The molecule has 0 saturated heterocycles. The van der Waals surface area contributed by atoms with Crippen LogP contribution in [0.25, 0.3) is 72.6 Å². The number of aromatic nitrogens is 4. The number of furan rings is 1. The Morgan fingerprint density at radius 3 is 2.06 bits per heavy atom. The van der Waals surface area contributed by atoms with Crippen molar-refractivity contribution >= 4 is 50.8 Å². The molecule has 0 N–H and O–H groups in total. The molecule has 64 heavy (non-hydrogen) atoms. The van der Waals surface area contributed by atoms with Crippen LogP contribution in [-0.2, 0) is 26.5 Å². The Balaban J connectivity index is 0.000000197. The van der Waals surface area contributed by atoms with E-state index in [4.69, 9.17) is 12.1 Å². The number of hydrogen-bond donors (Lipinski definition) is 0. The van der Waals surface area contributed by atoms with Gasteiger partial charge >= 0.3 is 144 Å². The van der Waals surface area contributed by atoms with E-state index < -0.39 is 19.6 Å². The largest absolute Gasteiger partial charge is 0 e. The van der Waals surface area contributed by atoms with Crippen LogP contribution in [0.1, 0.15) is 64.5 Å². The van der Waals surface area contributed by atoms with Gasteiger partial charge < -0.3 is 8.98 Å². The van der Waals surface area contributed by atoms with Crippen LogP contribution in [0, 0.1) is 12.1 Å². The Bertz CT molecular complexity index is 3260. The summed E-state index contributed by atoms with van der Waals surface area (Å²) in [4.78, 5) is 14.4. The van der Waals surface area contributed by atoms with Crippen molar-refractivity contribution in [1.82, 2.24) is 19.5 Å². The van der Waals surface area contributed by atoms with E-state index in [1.807, 2.05) is 97.2 Å². The number of pyridine rings is 2. The van der Waals surface area contributed by atoms with Gasteiger partial charge in [-0.05, 0) is 64.4 Å². The minimum atomic E-state index is -2.30. The van der Waals surface area contributed by atoms with Gasteiger partial charge in [-0.3, -0.25) is 4.98 Å². The van der Waals surface area contributed by atoms with Crippen molar-refractivity contribution in [3.8, 4) is 39.5 Å². The van der Waals surface area contributed by atoms with E-state index in [1.165, 1.54) is 22.3 Å². The summed E-state index contributed by atoms with van der Waals surface area (Å²) in [7, 11) is 0. The quantitative estimate of drug-likeness (QED) is 0.107. The first kappa shape index (κ1) is 42.1. The number of nitrogens with zero attached hydrogens (tertiary/aromatic N) is 4. The maximum absolute atomic E-state index is 8.85. The number of hydrogen-bond acceptors (Lipinski definition) is 4. The molecule has 0 fully saturated rings. The Morgan fingerprint density at radius 2 is 1.38 bits per heavy atom. The second-order valence-electron chi connectivity index (χ2n) is 17.6. The molecule has 5 nitrogen and oxygen atoms in total. The number of rotatable bonds is 9. The number of benzene rings is 6. The van der Waals surface area contributed by atoms with Gasteiger partial charge in [-0.25, -0.2) is 4.98 Å². The van der Waals surface area contributed by atoms with Crippen LogP contribution in [-0.4, -0.2) is 32.8 Å². The maximum Gasteiger partial charge on any atom is 0 e. The van der Waals surface area contributed by atoms with Crippen LogP contribution in [0.5, 0.6) is 0 Å². The van der Waals surface area contributed by atoms with Gasteiger partial charge in [-0.2, -0.15) is 0 Å². The van der Waals surface area contributed by atoms with E-state index in [1.54, 1.807) is 6.20 Å². The van der Waals surface area contributed by atoms with Gasteiger partial charge in [0.2, 0.25) is 0 Å². The van der Waals surface area contributed by atoms with E-state index in [0.29, 0.717) is 11.2 Å². The normalized spacial score (nSPS) is 12.3. The van der Waals surface area contributed by atoms with Crippen molar-refractivity contribution in [3.63, 3.8) is 0 Å². The fraction of sp³-hybridized carbons (Fsp3) is 0.175. The molecule has 0 saturated carbocycles. The van der Waals surface area contributed by atoms with Crippen LogP contribution in [0.15, 0.2) is 168 Å². The van der Waals surface area contributed by atoms with Crippen LogP contribution >= 0.6 is 0 Å². The molecule has 0 atom stereocenters. The molecule has 0 aliphatic heterocycles. The zero-order valence-electron chi connectivity index (χ0n) is 39.3. The molecule has 321 valence electrons. The van der Waals surface area contributed by atoms with Crippen LogP contribution in [0.4, 0.5) is 0 Å². The standard InChI is InChI=1S/C36H30N3O.C21H22GeN.Ir/c1-22(2)29-20-25(24-12-6-5-7-13-24)21-30(23(3)4)33(29)39-31-17-11-19-37-35(31)38-36(39)28-16-10-15-27-26-14-8-9-18-32(26)40-34(27)28;1-22(2,3)20-16-23-21(18-12-8-5-9-13-18)15-19(20)14-17-10-6-4-7-11-17;/h5-15,17-23H,1-4H3;4-12,15-16H,14H2,1-3H3;/q2*-1;/i;14D2;. The van der Waals surface area contributed by atoms with Gasteiger partial charge in [-0.1, -0.05) is 87.2 Å². The summed E-state index contributed by atoms with van der Waals surface area (Å²) in [5.41, 5.74) is 13.4. The van der Waals surface area contributed by atoms with Crippen molar-refractivity contribution < 1.29 is 27.3 Å². The summed E-state index contributed by atoms with van der Waals surface area (Å²) in [6.07, 6.45) is 2.15. The number of imidazole rings is 1. The summed E-state index contributed by atoms with van der Waals surface area (Å²) in [5.74, 6) is 8.17. The predicted molar refractivity (Wildman–Crippen MR) is 265 cm³/mol. The molecule has 4 aromatic heterocycles. The summed E-state index contributed by atoms with van der Waals surface area (Å²) in [5, 5.41) is 2.15. The number of fused-ring (bicyclic) bond motifs is 4. The molecule has 1 radical (unpaired) electrons. The van der Waals surface area contributed by atoms with Gasteiger partial charge in [0.1, 0.15) is 5.58 Å². The zero-order valence-corrected chi connectivity index (χ0v) is 41.8. The third-order valence-corrected chi connectivity index (χ3v) is 15.7.